The lowest BCUT2D eigenvalue weighted by atomic mass is 9.99. The molecular formula is C31H26N2O. The van der Waals surface area contributed by atoms with Gasteiger partial charge in [-0.1, -0.05) is 54.7 Å². The van der Waals surface area contributed by atoms with Gasteiger partial charge in [0.15, 0.2) is 0 Å². The summed E-state index contributed by atoms with van der Waals surface area (Å²) in [6.45, 7) is 0.815. The number of nitrogens with one attached hydrogen (secondary N) is 1. The molecule has 2 aromatic heterocycles. The van der Waals surface area contributed by atoms with Crippen molar-refractivity contribution in [1.29, 1.82) is 0 Å². The third kappa shape index (κ3) is 2.97. The summed E-state index contributed by atoms with van der Waals surface area (Å²) < 4.78 is 9.00. The standard InChI is InChI=1S/C31H26N2O/c1-2-9-19-32-26-20-25-27(17-15-21(26)10-4-1)33(22-11-5-3-6-12-22)28-18-16-24-23-13-7-8-14-29(23)34-31(24)30(25)28/h1-6,8-9,11-12,14-16,18,20,32H,7,10,13,17,19H2/b4-1-,9-2-. The minimum absolute atomic E-state index is 0.815. The van der Waals surface area contributed by atoms with E-state index in [0.717, 1.165) is 43.6 Å². The van der Waals surface area contributed by atoms with Gasteiger partial charge in [0, 0.05) is 46.6 Å². The average Bonchev–Trinajstić information content (AvgIpc) is 3.38. The van der Waals surface area contributed by atoms with E-state index in [0.29, 0.717) is 0 Å². The summed E-state index contributed by atoms with van der Waals surface area (Å²) in [4.78, 5) is 0. The molecule has 3 heterocycles. The number of nitrogens with zero attached hydrogens (tertiary/aromatic N) is 1. The topological polar surface area (TPSA) is 30.1 Å². The van der Waals surface area contributed by atoms with Crippen molar-refractivity contribution in [2.24, 2.45) is 0 Å². The van der Waals surface area contributed by atoms with Gasteiger partial charge in [0.25, 0.3) is 0 Å². The number of hydrogen-bond acceptors (Lipinski definition) is 2. The lowest BCUT2D eigenvalue weighted by Gasteiger charge is -2.11. The molecule has 2 aliphatic carbocycles. The van der Waals surface area contributed by atoms with E-state index in [2.05, 4.69) is 101 Å². The second-order valence-electron chi connectivity index (χ2n) is 9.19. The fourth-order valence-electron chi connectivity index (χ4n) is 5.63. The molecule has 0 unspecified atom stereocenters. The SMILES string of the molecule is C1=Cc2oc3c(ccc4c3c3c(n4-c4ccccc4)CC=C4C/C=C\C=C/CNC4=C3)c2CC1. The van der Waals surface area contributed by atoms with Crippen LogP contribution in [0.15, 0.2) is 94.6 Å². The molecule has 2 aromatic carbocycles. The Morgan fingerprint density at radius 1 is 0.912 bits per heavy atom. The molecule has 1 aliphatic heterocycles. The van der Waals surface area contributed by atoms with E-state index in [-0.39, 0.29) is 0 Å². The molecule has 0 spiro atoms. The minimum Gasteiger partial charge on any atom is -0.456 e. The number of hydrogen-bond donors (Lipinski definition) is 1. The molecule has 166 valence electrons. The highest BCUT2D eigenvalue weighted by Crippen LogP contribution is 2.42. The predicted octanol–water partition coefficient (Wildman–Crippen LogP) is 7.27. The van der Waals surface area contributed by atoms with Crippen LogP contribution < -0.4 is 5.32 Å². The molecule has 0 bridgehead atoms. The molecule has 3 aliphatic rings. The zero-order valence-corrected chi connectivity index (χ0v) is 19.1. The van der Waals surface area contributed by atoms with E-state index in [9.17, 15) is 0 Å². The van der Waals surface area contributed by atoms with E-state index >= 15 is 0 Å². The lowest BCUT2D eigenvalue weighted by Crippen LogP contribution is -2.14. The normalized spacial score (nSPS) is 18.9. The Morgan fingerprint density at radius 2 is 1.82 bits per heavy atom. The molecule has 7 rings (SSSR count). The van der Waals surface area contributed by atoms with Crippen LogP contribution in [0.5, 0.6) is 0 Å². The van der Waals surface area contributed by atoms with Gasteiger partial charge in [0.2, 0.25) is 0 Å². The highest BCUT2D eigenvalue weighted by molar-refractivity contribution is 6.11. The van der Waals surface area contributed by atoms with Crippen LogP contribution in [-0.2, 0) is 12.8 Å². The predicted molar refractivity (Wildman–Crippen MR) is 141 cm³/mol. The Balaban J connectivity index is 1.57. The first-order valence-corrected chi connectivity index (χ1v) is 12.2. The van der Waals surface area contributed by atoms with E-state index in [1.165, 1.54) is 50.1 Å². The molecule has 0 saturated carbocycles. The third-order valence-electron chi connectivity index (χ3n) is 7.21. The number of para-hydroxylation sites is 1. The molecule has 0 atom stereocenters. The zero-order valence-electron chi connectivity index (χ0n) is 19.1. The first kappa shape index (κ1) is 19.5. The molecule has 0 amide bonds. The summed E-state index contributed by atoms with van der Waals surface area (Å²) >= 11 is 0. The second kappa shape index (κ2) is 7.81. The highest BCUT2D eigenvalue weighted by atomic mass is 16.3. The van der Waals surface area contributed by atoms with Crippen LogP contribution >= 0.6 is 0 Å². The maximum atomic E-state index is 6.57. The second-order valence-corrected chi connectivity index (χ2v) is 9.19. The van der Waals surface area contributed by atoms with Crippen LogP contribution in [0.4, 0.5) is 0 Å². The van der Waals surface area contributed by atoms with Crippen LogP contribution in [-0.4, -0.2) is 11.1 Å². The summed E-state index contributed by atoms with van der Waals surface area (Å²) in [6, 6.07) is 15.3. The molecule has 0 fully saturated rings. The number of aryl methyl sites for hydroxylation is 1. The van der Waals surface area contributed by atoms with Gasteiger partial charge in [-0.15, -0.1) is 0 Å². The Hall–Kier alpha value is -3.98. The summed E-state index contributed by atoms with van der Waals surface area (Å²) in [5, 5.41) is 6.14. The Kier molecular flexibility index (Phi) is 4.47. The van der Waals surface area contributed by atoms with Crippen molar-refractivity contribution in [3.8, 4) is 5.69 Å². The molecule has 4 aromatic rings. The van der Waals surface area contributed by atoms with Crippen LogP contribution in [0.1, 0.15) is 35.4 Å². The Bertz CT molecular complexity index is 1590. The molecule has 3 heteroatoms. The van der Waals surface area contributed by atoms with Crippen molar-refractivity contribution >= 4 is 34.0 Å². The van der Waals surface area contributed by atoms with Crippen LogP contribution in [0.3, 0.4) is 0 Å². The van der Waals surface area contributed by atoms with Gasteiger partial charge in [0.1, 0.15) is 11.3 Å². The summed E-state index contributed by atoms with van der Waals surface area (Å²) in [5.74, 6) is 1.02. The quantitative estimate of drug-likeness (QED) is 0.336. The maximum Gasteiger partial charge on any atom is 0.145 e. The van der Waals surface area contributed by atoms with Gasteiger partial charge in [-0.3, -0.25) is 0 Å². The van der Waals surface area contributed by atoms with Crippen LogP contribution in [0, 0.1) is 0 Å². The first-order chi connectivity index (χ1) is 16.9. The maximum absolute atomic E-state index is 6.57. The summed E-state index contributed by atoms with van der Waals surface area (Å²) in [6.07, 6.45) is 21.7. The number of aromatic nitrogens is 1. The van der Waals surface area contributed by atoms with Gasteiger partial charge in [0.05, 0.1) is 10.9 Å². The largest absolute Gasteiger partial charge is 0.456 e. The van der Waals surface area contributed by atoms with Gasteiger partial charge < -0.3 is 14.3 Å². The van der Waals surface area contributed by atoms with Crippen molar-refractivity contribution in [2.45, 2.75) is 25.7 Å². The first-order valence-electron chi connectivity index (χ1n) is 12.2. The third-order valence-corrected chi connectivity index (χ3v) is 7.21. The lowest BCUT2D eigenvalue weighted by molar-refractivity contribution is 0.598. The van der Waals surface area contributed by atoms with Gasteiger partial charge in [-0.2, -0.15) is 0 Å². The van der Waals surface area contributed by atoms with E-state index in [1.807, 2.05) is 0 Å². The molecule has 1 N–H and O–H groups in total. The number of rotatable bonds is 1. The average molecular weight is 443 g/mol. The van der Waals surface area contributed by atoms with Crippen molar-refractivity contribution in [1.82, 2.24) is 9.88 Å². The number of benzene rings is 2. The Morgan fingerprint density at radius 3 is 2.76 bits per heavy atom. The Labute approximate surface area is 199 Å². The van der Waals surface area contributed by atoms with E-state index in [1.54, 1.807) is 0 Å². The van der Waals surface area contributed by atoms with Gasteiger partial charge >= 0.3 is 0 Å². The number of furan rings is 1. The molecule has 34 heavy (non-hydrogen) atoms. The van der Waals surface area contributed by atoms with Crippen LogP contribution in [0.25, 0.3) is 39.7 Å². The monoisotopic (exact) mass is 442 g/mol. The molecule has 0 saturated heterocycles. The number of allylic oxidation sites excluding steroid dienone is 6. The van der Waals surface area contributed by atoms with E-state index < -0.39 is 0 Å². The zero-order chi connectivity index (χ0) is 22.5. The number of fused-ring (bicyclic) bond motifs is 8. The fraction of sp³-hybridized carbons (Fsp3) is 0.161. The summed E-state index contributed by atoms with van der Waals surface area (Å²) in [7, 11) is 0. The van der Waals surface area contributed by atoms with Crippen molar-refractivity contribution in [3.05, 3.63) is 113 Å². The van der Waals surface area contributed by atoms with Gasteiger partial charge in [-0.25, -0.2) is 0 Å². The summed E-state index contributed by atoms with van der Waals surface area (Å²) in [5.41, 5.74) is 9.88. The minimum atomic E-state index is 0.815. The molecular weight excluding hydrogens is 416 g/mol. The van der Waals surface area contributed by atoms with Crippen molar-refractivity contribution < 1.29 is 4.42 Å². The smallest absolute Gasteiger partial charge is 0.145 e. The van der Waals surface area contributed by atoms with Crippen molar-refractivity contribution in [3.63, 3.8) is 0 Å². The van der Waals surface area contributed by atoms with E-state index in [4.69, 9.17) is 4.42 Å². The molecule has 0 radical (unpaired) electrons. The van der Waals surface area contributed by atoms with Gasteiger partial charge in [-0.05, 0) is 61.3 Å². The fourth-order valence-corrected chi connectivity index (χ4v) is 5.63. The van der Waals surface area contributed by atoms with Crippen molar-refractivity contribution in [2.75, 3.05) is 6.54 Å². The molecule has 3 nitrogen and oxygen atoms in total. The van der Waals surface area contributed by atoms with Crippen LogP contribution in [0.2, 0.25) is 0 Å². The highest BCUT2D eigenvalue weighted by Gasteiger charge is 2.25.